The number of halogens is 1. The SMILES string of the molecule is O=C(Cc1cccc2ccccc12)OCC(=O)N1N=C(c2ccc(Cl)cc2)CC1c1ccco1. The van der Waals surface area contributed by atoms with Crippen LogP contribution in [0.4, 0.5) is 0 Å². The molecular weight excluding hydrogens is 452 g/mol. The van der Waals surface area contributed by atoms with E-state index >= 15 is 0 Å². The van der Waals surface area contributed by atoms with Crippen LogP contribution in [0.3, 0.4) is 0 Å². The molecule has 7 heteroatoms. The highest BCUT2D eigenvalue weighted by Crippen LogP contribution is 2.33. The molecule has 1 atom stereocenters. The zero-order chi connectivity index (χ0) is 23.5. The Hall–Kier alpha value is -3.90. The van der Waals surface area contributed by atoms with Crippen LogP contribution in [-0.4, -0.2) is 29.2 Å². The molecule has 1 amide bonds. The van der Waals surface area contributed by atoms with Crippen LogP contribution < -0.4 is 0 Å². The lowest BCUT2D eigenvalue weighted by Gasteiger charge is -2.19. The lowest BCUT2D eigenvalue weighted by molar-refractivity contribution is -0.152. The van der Waals surface area contributed by atoms with Crippen LogP contribution in [0, 0.1) is 0 Å². The van der Waals surface area contributed by atoms with Gasteiger partial charge in [-0.2, -0.15) is 5.10 Å². The monoisotopic (exact) mass is 472 g/mol. The summed E-state index contributed by atoms with van der Waals surface area (Å²) in [6.07, 6.45) is 2.11. The molecule has 0 saturated carbocycles. The number of carbonyl (C=O) groups is 2. The number of esters is 1. The van der Waals surface area contributed by atoms with Gasteiger partial charge >= 0.3 is 5.97 Å². The highest BCUT2D eigenvalue weighted by molar-refractivity contribution is 6.30. The second-order valence-electron chi connectivity index (χ2n) is 8.00. The number of amides is 1. The van der Waals surface area contributed by atoms with Gasteiger partial charge in [0, 0.05) is 11.4 Å². The molecule has 0 radical (unpaired) electrons. The number of hydrogen-bond acceptors (Lipinski definition) is 5. The highest BCUT2D eigenvalue weighted by Gasteiger charge is 2.35. The first kappa shape index (κ1) is 21.9. The van der Waals surface area contributed by atoms with Crippen LogP contribution >= 0.6 is 11.6 Å². The number of hydrazone groups is 1. The summed E-state index contributed by atoms with van der Waals surface area (Å²) in [6.45, 7) is -0.405. The first-order valence-electron chi connectivity index (χ1n) is 10.9. The lowest BCUT2D eigenvalue weighted by Crippen LogP contribution is -2.31. The maximum Gasteiger partial charge on any atom is 0.310 e. The van der Waals surface area contributed by atoms with Gasteiger partial charge in [-0.15, -0.1) is 0 Å². The fraction of sp³-hybridized carbons (Fsp3) is 0.148. The van der Waals surface area contributed by atoms with Gasteiger partial charge in [0.2, 0.25) is 0 Å². The molecule has 170 valence electrons. The molecule has 0 bridgehead atoms. The minimum atomic E-state index is -0.472. The van der Waals surface area contributed by atoms with Gasteiger partial charge in [0.25, 0.3) is 5.91 Å². The number of fused-ring (bicyclic) bond motifs is 1. The van der Waals surface area contributed by atoms with E-state index in [0.29, 0.717) is 17.2 Å². The highest BCUT2D eigenvalue weighted by atomic mass is 35.5. The largest absolute Gasteiger partial charge is 0.467 e. The summed E-state index contributed by atoms with van der Waals surface area (Å²) in [5, 5.41) is 8.53. The third kappa shape index (κ3) is 4.58. The molecular formula is C27H21ClN2O4. The van der Waals surface area contributed by atoms with Crippen molar-refractivity contribution in [1.29, 1.82) is 0 Å². The minimum absolute atomic E-state index is 0.0789. The Morgan fingerprint density at radius 2 is 1.79 bits per heavy atom. The van der Waals surface area contributed by atoms with Crippen LogP contribution in [0.25, 0.3) is 10.8 Å². The van der Waals surface area contributed by atoms with Crippen LogP contribution in [0.5, 0.6) is 0 Å². The van der Waals surface area contributed by atoms with Gasteiger partial charge in [0.1, 0.15) is 11.8 Å². The molecule has 1 aliphatic heterocycles. The van der Waals surface area contributed by atoms with Gasteiger partial charge in [-0.1, -0.05) is 66.2 Å². The quantitative estimate of drug-likeness (QED) is 0.345. The second kappa shape index (κ2) is 9.53. The minimum Gasteiger partial charge on any atom is -0.467 e. The van der Waals surface area contributed by atoms with Crippen molar-refractivity contribution in [2.24, 2.45) is 5.10 Å². The molecule has 5 rings (SSSR count). The van der Waals surface area contributed by atoms with E-state index in [1.165, 1.54) is 5.01 Å². The molecule has 1 aliphatic rings. The fourth-order valence-electron chi connectivity index (χ4n) is 4.12. The van der Waals surface area contributed by atoms with Crippen molar-refractivity contribution >= 4 is 40.0 Å². The van der Waals surface area contributed by atoms with Gasteiger partial charge in [0.05, 0.1) is 18.4 Å². The molecule has 0 fully saturated rings. The Morgan fingerprint density at radius 3 is 2.59 bits per heavy atom. The van der Waals surface area contributed by atoms with E-state index in [2.05, 4.69) is 5.10 Å². The Labute approximate surface area is 201 Å². The van der Waals surface area contributed by atoms with E-state index in [-0.39, 0.29) is 6.42 Å². The summed E-state index contributed by atoms with van der Waals surface area (Å²) in [4.78, 5) is 25.6. The van der Waals surface area contributed by atoms with Crippen molar-refractivity contribution in [1.82, 2.24) is 5.01 Å². The first-order valence-corrected chi connectivity index (χ1v) is 11.3. The van der Waals surface area contributed by atoms with Crippen molar-refractivity contribution in [3.63, 3.8) is 0 Å². The predicted octanol–water partition coefficient (Wildman–Crippen LogP) is 5.55. The molecule has 2 heterocycles. The van der Waals surface area contributed by atoms with Crippen molar-refractivity contribution in [3.05, 3.63) is 107 Å². The Balaban J connectivity index is 1.29. The summed E-state index contributed by atoms with van der Waals surface area (Å²) in [6, 6.07) is 24.1. The van der Waals surface area contributed by atoms with Crippen LogP contribution in [0.2, 0.25) is 5.02 Å². The summed E-state index contributed by atoms with van der Waals surface area (Å²) in [5.41, 5.74) is 2.45. The molecule has 0 aliphatic carbocycles. The molecule has 0 spiro atoms. The zero-order valence-electron chi connectivity index (χ0n) is 18.2. The molecule has 0 saturated heterocycles. The molecule has 3 aromatic carbocycles. The van der Waals surface area contributed by atoms with Crippen LogP contribution in [0.15, 0.2) is 94.6 Å². The van der Waals surface area contributed by atoms with E-state index in [1.807, 2.05) is 54.6 Å². The smallest absolute Gasteiger partial charge is 0.310 e. The molecule has 34 heavy (non-hydrogen) atoms. The van der Waals surface area contributed by atoms with Crippen molar-refractivity contribution in [2.45, 2.75) is 18.9 Å². The van der Waals surface area contributed by atoms with Crippen molar-refractivity contribution in [3.8, 4) is 0 Å². The van der Waals surface area contributed by atoms with Gasteiger partial charge in [-0.25, -0.2) is 5.01 Å². The van der Waals surface area contributed by atoms with E-state index in [9.17, 15) is 9.59 Å². The van der Waals surface area contributed by atoms with Gasteiger partial charge < -0.3 is 9.15 Å². The third-order valence-corrected chi connectivity index (χ3v) is 6.04. The summed E-state index contributed by atoms with van der Waals surface area (Å²) >= 11 is 6.00. The van der Waals surface area contributed by atoms with E-state index in [4.69, 9.17) is 20.8 Å². The normalized spacial score (nSPS) is 15.4. The lowest BCUT2D eigenvalue weighted by atomic mass is 10.0. The third-order valence-electron chi connectivity index (χ3n) is 5.79. The number of nitrogens with zero attached hydrogens (tertiary/aromatic N) is 2. The van der Waals surface area contributed by atoms with Crippen molar-refractivity contribution < 1.29 is 18.7 Å². The summed E-state index contributed by atoms with van der Waals surface area (Å²) in [5.74, 6) is -0.278. The fourth-order valence-corrected chi connectivity index (χ4v) is 4.25. The molecule has 1 unspecified atom stereocenters. The standard InChI is InChI=1S/C27H21ClN2O4/c28-21-12-10-19(11-13-21)23-16-24(25-9-4-14-33-25)30(29-23)26(31)17-34-27(32)15-20-7-3-6-18-5-1-2-8-22(18)20/h1-14,24H,15-17H2. The molecule has 6 nitrogen and oxygen atoms in total. The predicted molar refractivity (Wildman–Crippen MR) is 130 cm³/mol. The van der Waals surface area contributed by atoms with Crippen molar-refractivity contribution in [2.75, 3.05) is 6.61 Å². The maximum atomic E-state index is 13.0. The van der Waals surface area contributed by atoms with Crippen LogP contribution in [0.1, 0.15) is 29.3 Å². The average Bonchev–Trinajstić information content (AvgIpc) is 3.54. The van der Waals surface area contributed by atoms with E-state index in [0.717, 1.165) is 27.6 Å². The number of hydrogen-bond donors (Lipinski definition) is 0. The maximum absolute atomic E-state index is 13.0. The average molecular weight is 473 g/mol. The second-order valence-corrected chi connectivity index (χ2v) is 8.44. The Kier molecular flexibility index (Phi) is 6.14. The van der Waals surface area contributed by atoms with Gasteiger partial charge in [-0.05, 0) is 46.2 Å². The number of furan rings is 1. The van der Waals surface area contributed by atoms with E-state index < -0.39 is 24.5 Å². The Morgan fingerprint density at radius 1 is 1.00 bits per heavy atom. The topological polar surface area (TPSA) is 72.1 Å². The van der Waals surface area contributed by atoms with Gasteiger partial charge in [-0.3, -0.25) is 9.59 Å². The molecule has 1 aromatic heterocycles. The number of rotatable bonds is 6. The van der Waals surface area contributed by atoms with Gasteiger partial charge in [0.15, 0.2) is 6.61 Å². The van der Waals surface area contributed by atoms with E-state index in [1.54, 1.807) is 30.5 Å². The van der Waals surface area contributed by atoms with Crippen LogP contribution in [-0.2, 0) is 20.7 Å². The molecule has 0 N–H and O–H groups in total. The number of carbonyl (C=O) groups excluding carboxylic acids is 2. The zero-order valence-corrected chi connectivity index (χ0v) is 18.9. The summed E-state index contributed by atoms with van der Waals surface area (Å²) in [7, 11) is 0. The Bertz CT molecular complexity index is 1360. The number of ether oxygens (including phenoxy) is 1. The number of benzene rings is 3. The first-order chi connectivity index (χ1) is 16.6. The molecule has 4 aromatic rings. The summed E-state index contributed by atoms with van der Waals surface area (Å²) < 4.78 is 10.9.